The molecule has 1 atom stereocenters. The van der Waals surface area contributed by atoms with Gasteiger partial charge in [-0.15, -0.1) is 0 Å². The molecule has 0 saturated carbocycles. The lowest BCUT2D eigenvalue weighted by atomic mass is 9.93. The molecule has 0 fully saturated rings. The van der Waals surface area contributed by atoms with Gasteiger partial charge in [0.05, 0.1) is 33.4 Å². The first kappa shape index (κ1) is 25.5. The van der Waals surface area contributed by atoms with E-state index in [0.717, 1.165) is 22.5 Å². The summed E-state index contributed by atoms with van der Waals surface area (Å²) in [4.78, 5) is 42.3. The van der Waals surface area contributed by atoms with Crippen LogP contribution in [0.5, 0.6) is 0 Å². The maximum atomic E-state index is 13.6. The van der Waals surface area contributed by atoms with Gasteiger partial charge < -0.3 is 4.74 Å². The molecule has 0 saturated heterocycles. The Morgan fingerprint density at radius 3 is 2.58 bits per heavy atom. The fourth-order valence-corrected chi connectivity index (χ4v) is 5.31. The molecule has 1 aliphatic heterocycles. The van der Waals surface area contributed by atoms with E-state index in [4.69, 9.17) is 16.3 Å². The number of thiazole rings is 1. The third-order valence-electron chi connectivity index (χ3n) is 5.90. The summed E-state index contributed by atoms with van der Waals surface area (Å²) in [6.45, 7) is 7.82. The number of benzene rings is 2. The third kappa shape index (κ3) is 4.76. The molecule has 0 spiro atoms. The number of fused-ring (bicyclic) bond motifs is 1. The minimum absolute atomic E-state index is 0.0122. The lowest BCUT2D eigenvalue weighted by Gasteiger charge is -2.25. The average Bonchev–Trinajstić information content (AvgIpc) is 3.13. The highest BCUT2D eigenvalue weighted by molar-refractivity contribution is 7.07. The van der Waals surface area contributed by atoms with Crippen molar-refractivity contribution in [1.29, 1.82) is 0 Å². The van der Waals surface area contributed by atoms with Crippen molar-refractivity contribution >= 4 is 40.7 Å². The number of aromatic nitrogens is 1. The van der Waals surface area contributed by atoms with Gasteiger partial charge in [-0.1, -0.05) is 67.1 Å². The maximum absolute atomic E-state index is 13.6. The summed E-state index contributed by atoms with van der Waals surface area (Å²) in [6.07, 6.45) is 1.56. The van der Waals surface area contributed by atoms with Crippen molar-refractivity contribution in [3.63, 3.8) is 0 Å². The normalized spacial score (nSPS) is 15.6. The zero-order valence-corrected chi connectivity index (χ0v) is 21.7. The molecule has 0 amide bonds. The lowest BCUT2D eigenvalue weighted by molar-refractivity contribution is -0.384. The number of carbonyl (C=O) groups is 1. The van der Waals surface area contributed by atoms with Gasteiger partial charge in [0.2, 0.25) is 0 Å². The van der Waals surface area contributed by atoms with Crippen LogP contribution in [0.2, 0.25) is 5.02 Å². The molecule has 0 radical (unpaired) electrons. The van der Waals surface area contributed by atoms with E-state index < -0.39 is 16.9 Å². The first-order chi connectivity index (χ1) is 17.1. The highest BCUT2D eigenvalue weighted by Gasteiger charge is 2.33. The molecule has 8 nitrogen and oxygen atoms in total. The summed E-state index contributed by atoms with van der Waals surface area (Å²) in [5.41, 5.74) is 2.51. The Bertz CT molecular complexity index is 1570. The Morgan fingerprint density at radius 2 is 1.97 bits per heavy atom. The van der Waals surface area contributed by atoms with E-state index in [0.29, 0.717) is 32.1 Å². The molecule has 36 heavy (non-hydrogen) atoms. The van der Waals surface area contributed by atoms with Crippen LogP contribution in [0.1, 0.15) is 56.3 Å². The van der Waals surface area contributed by atoms with E-state index in [1.165, 1.54) is 16.7 Å². The number of hydrogen-bond acceptors (Lipinski definition) is 7. The van der Waals surface area contributed by atoms with Crippen molar-refractivity contribution in [2.24, 2.45) is 4.99 Å². The van der Waals surface area contributed by atoms with E-state index >= 15 is 0 Å². The van der Waals surface area contributed by atoms with Gasteiger partial charge in [0, 0.05) is 6.07 Å². The van der Waals surface area contributed by atoms with Crippen LogP contribution < -0.4 is 14.9 Å². The molecule has 0 bridgehead atoms. The molecular weight excluding hydrogens is 502 g/mol. The molecule has 2 heterocycles. The van der Waals surface area contributed by atoms with Crippen LogP contribution in [0, 0.1) is 10.1 Å². The smallest absolute Gasteiger partial charge is 0.338 e. The Balaban J connectivity index is 1.93. The van der Waals surface area contributed by atoms with Crippen molar-refractivity contribution in [3.8, 4) is 0 Å². The minimum Gasteiger partial charge on any atom is -0.463 e. The molecule has 1 unspecified atom stereocenters. The Labute approximate surface area is 216 Å². The van der Waals surface area contributed by atoms with Crippen molar-refractivity contribution in [1.82, 2.24) is 4.57 Å². The van der Waals surface area contributed by atoms with Gasteiger partial charge in [-0.25, -0.2) is 9.79 Å². The minimum atomic E-state index is -0.719. The largest absolute Gasteiger partial charge is 0.463 e. The molecule has 1 aromatic heterocycles. The van der Waals surface area contributed by atoms with Crippen LogP contribution in [-0.2, 0) is 9.53 Å². The number of halogens is 1. The van der Waals surface area contributed by atoms with Gasteiger partial charge in [-0.2, -0.15) is 0 Å². The Hall–Kier alpha value is -3.56. The molecule has 4 rings (SSSR count). The highest BCUT2D eigenvalue weighted by Crippen LogP contribution is 2.31. The quantitative estimate of drug-likeness (QED) is 0.268. The number of ether oxygens (including phenoxy) is 1. The Morgan fingerprint density at radius 1 is 1.28 bits per heavy atom. The van der Waals surface area contributed by atoms with Crippen molar-refractivity contribution in [3.05, 3.63) is 105 Å². The number of carbonyl (C=O) groups excluding carboxylic acids is 1. The molecule has 186 valence electrons. The van der Waals surface area contributed by atoms with E-state index in [-0.39, 0.29) is 22.9 Å². The topological polar surface area (TPSA) is 104 Å². The summed E-state index contributed by atoms with van der Waals surface area (Å²) in [6, 6.07) is 11.4. The van der Waals surface area contributed by atoms with Gasteiger partial charge in [-0.05, 0) is 48.6 Å². The predicted octanol–water partition coefficient (Wildman–Crippen LogP) is 4.48. The fourth-order valence-electron chi connectivity index (χ4n) is 4.08. The second-order valence-electron chi connectivity index (χ2n) is 8.59. The highest BCUT2D eigenvalue weighted by atomic mass is 35.5. The van der Waals surface area contributed by atoms with Crippen molar-refractivity contribution < 1.29 is 14.5 Å². The number of rotatable bonds is 6. The number of hydrogen-bond donors (Lipinski definition) is 0. The zero-order chi connectivity index (χ0) is 26.1. The predicted molar refractivity (Wildman–Crippen MR) is 139 cm³/mol. The molecule has 2 aromatic carbocycles. The first-order valence-corrected chi connectivity index (χ1v) is 12.5. The van der Waals surface area contributed by atoms with E-state index in [1.54, 1.807) is 26.0 Å². The number of nitrogens with zero attached hydrogens (tertiary/aromatic N) is 3. The van der Waals surface area contributed by atoms with Gasteiger partial charge >= 0.3 is 5.97 Å². The Kier molecular flexibility index (Phi) is 7.23. The summed E-state index contributed by atoms with van der Waals surface area (Å²) < 4.78 is 7.13. The molecule has 1 aliphatic rings. The zero-order valence-electron chi connectivity index (χ0n) is 20.1. The second kappa shape index (κ2) is 10.2. The summed E-state index contributed by atoms with van der Waals surface area (Å²) in [5.74, 6) is -0.203. The molecular formula is C26H24ClN3O5S. The van der Waals surface area contributed by atoms with Gasteiger partial charge in [0.25, 0.3) is 11.2 Å². The number of nitro benzene ring substituents is 1. The maximum Gasteiger partial charge on any atom is 0.338 e. The third-order valence-corrected chi connectivity index (χ3v) is 7.20. The van der Waals surface area contributed by atoms with Gasteiger partial charge in [0.15, 0.2) is 4.80 Å². The molecule has 0 aliphatic carbocycles. The fraction of sp³-hybridized carbons (Fsp3) is 0.269. The standard InChI is InChI=1S/C26H24ClN3O5S/c1-5-35-25(32)22-15(4)28-26-29(23(22)18-9-7-17(8-10-18)14(2)3)24(31)21(36-26)13-16-6-11-19(27)20(12-16)30(33)34/h6-14,23H,5H2,1-4H3. The first-order valence-electron chi connectivity index (χ1n) is 11.4. The van der Waals surface area contributed by atoms with Crippen LogP contribution in [0.25, 0.3) is 6.08 Å². The lowest BCUT2D eigenvalue weighted by Crippen LogP contribution is -2.39. The molecule has 3 aromatic rings. The van der Waals surface area contributed by atoms with Crippen LogP contribution in [0.15, 0.2) is 63.5 Å². The van der Waals surface area contributed by atoms with Gasteiger partial charge in [-0.3, -0.25) is 19.5 Å². The molecule has 10 heteroatoms. The SMILES string of the molecule is CCOC(=O)C1=C(C)N=c2sc(=Cc3ccc(Cl)c([N+](=O)[O-])c3)c(=O)n2C1c1ccc(C(C)C)cc1. The molecule has 0 N–H and O–H groups in total. The second-order valence-corrected chi connectivity index (χ2v) is 10.0. The summed E-state index contributed by atoms with van der Waals surface area (Å²) in [5, 5.41) is 11.3. The van der Waals surface area contributed by atoms with E-state index in [2.05, 4.69) is 18.8 Å². The van der Waals surface area contributed by atoms with E-state index in [9.17, 15) is 19.7 Å². The number of nitro groups is 1. The summed E-state index contributed by atoms with van der Waals surface area (Å²) >= 11 is 7.08. The van der Waals surface area contributed by atoms with Crippen LogP contribution in [-0.4, -0.2) is 22.1 Å². The number of allylic oxidation sites excluding steroid dienone is 1. The van der Waals surface area contributed by atoms with Crippen LogP contribution in [0.4, 0.5) is 5.69 Å². The van der Waals surface area contributed by atoms with E-state index in [1.807, 2.05) is 24.3 Å². The van der Waals surface area contributed by atoms with Crippen LogP contribution >= 0.6 is 22.9 Å². The van der Waals surface area contributed by atoms with Crippen LogP contribution in [0.3, 0.4) is 0 Å². The van der Waals surface area contributed by atoms with Crippen molar-refractivity contribution in [2.45, 2.75) is 39.7 Å². The van der Waals surface area contributed by atoms with Gasteiger partial charge in [0.1, 0.15) is 5.02 Å². The number of esters is 1. The van der Waals surface area contributed by atoms with Crippen molar-refractivity contribution in [2.75, 3.05) is 6.61 Å². The average molecular weight is 526 g/mol. The monoisotopic (exact) mass is 525 g/mol. The summed E-state index contributed by atoms with van der Waals surface area (Å²) in [7, 11) is 0.